The molecule has 5 heteroatoms. The minimum Gasteiger partial charge on any atom is -0.507 e. The quantitative estimate of drug-likeness (QED) is 0.221. The molecule has 1 N–H and O–H groups in total. The molecule has 1 heterocycles. The number of para-hydroxylation sites is 2. The van der Waals surface area contributed by atoms with Gasteiger partial charge in [-0.3, -0.25) is 10.6 Å². The molecule has 0 aliphatic carbocycles. The number of phenols is 1. The molecule has 1 fully saturated rings. The number of ether oxygens (including phenoxy) is 1. The van der Waals surface area contributed by atoms with Gasteiger partial charge in [0, 0.05) is 66.6 Å². The number of phenolic OH excluding ortho intramolecular Hbond substituents is 1. The maximum Gasteiger partial charge on any atom is 0.123 e. The van der Waals surface area contributed by atoms with E-state index in [1.54, 1.807) is 0 Å². The summed E-state index contributed by atoms with van der Waals surface area (Å²) in [7, 11) is 0. The SMILES string of the molecule is C1CCOC1.C[C]([CH][C](C)[N]c1c(C(C)C)cccc1C(C)C)[N]c1c(C(C)C)cccc1C(C)C.Cc1cc(C(C)(C)C)c(O)c(C(C)(C)C)c1.[Yb]. The number of aryl methyl sites for hydroxylation is 1. The standard InChI is InChI=1S/C29H41N2.C15H24O.C4H8O.Yb/c1-18(2)24-13-11-14-25(19(3)4)28(24)30-22(9)17-23(10)31-29-26(20(5)6)15-12-16-27(29)21(7)8;1-10-8-11(14(2,3)4)13(16)12(9-10)15(5,6)7;1-2-4-5-3-1;/h11-21H,1-10H3;8-9,16H,1-7H3;1-4H2;. The molecule has 1 aliphatic rings. The summed E-state index contributed by atoms with van der Waals surface area (Å²) in [6.07, 6.45) is 4.67. The molecule has 1 aliphatic heterocycles. The fraction of sp³-hybridized carbons (Fsp3) is 0.562. The van der Waals surface area contributed by atoms with Crippen molar-refractivity contribution in [2.45, 2.75) is 165 Å². The van der Waals surface area contributed by atoms with Crippen molar-refractivity contribution in [3.8, 4) is 5.75 Å². The van der Waals surface area contributed by atoms with E-state index in [1.165, 1.54) is 40.7 Å². The Morgan fingerprint density at radius 1 is 0.623 bits per heavy atom. The van der Waals surface area contributed by atoms with Crippen molar-refractivity contribution in [1.82, 2.24) is 10.6 Å². The van der Waals surface area contributed by atoms with E-state index in [4.69, 9.17) is 15.4 Å². The molecule has 301 valence electrons. The van der Waals surface area contributed by atoms with Gasteiger partial charge in [-0.15, -0.1) is 0 Å². The summed E-state index contributed by atoms with van der Waals surface area (Å²) in [4.78, 5) is 0. The molecular weight excluding hydrogens is 810 g/mol. The van der Waals surface area contributed by atoms with Gasteiger partial charge >= 0.3 is 0 Å². The Hall–Kier alpha value is -1.46. The molecule has 1 saturated heterocycles. The predicted molar refractivity (Wildman–Crippen MR) is 225 cm³/mol. The Labute approximate surface area is 365 Å². The molecule has 5 radical (unpaired) electrons. The summed E-state index contributed by atoms with van der Waals surface area (Å²) in [6.45, 7) is 38.9. The second kappa shape index (κ2) is 22.3. The van der Waals surface area contributed by atoms with Crippen LogP contribution in [0.1, 0.15) is 186 Å². The number of rotatable bonds is 10. The average molecular weight is 883 g/mol. The van der Waals surface area contributed by atoms with Gasteiger partial charge in [-0.2, -0.15) is 0 Å². The van der Waals surface area contributed by atoms with Crippen molar-refractivity contribution in [1.29, 1.82) is 0 Å². The molecule has 0 unspecified atom stereocenters. The van der Waals surface area contributed by atoms with E-state index in [2.05, 4.69) is 173 Å². The van der Waals surface area contributed by atoms with Crippen LogP contribution in [0.2, 0.25) is 0 Å². The zero-order valence-electron chi connectivity index (χ0n) is 36.4. The third kappa shape index (κ3) is 15.5. The van der Waals surface area contributed by atoms with Crippen LogP contribution in [0.3, 0.4) is 0 Å². The first kappa shape index (κ1) is 49.6. The van der Waals surface area contributed by atoms with Gasteiger partial charge in [-0.1, -0.05) is 151 Å². The first-order chi connectivity index (χ1) is 24.1. The van der Waals surface area contributed by atoms with Crippen molar-refractivity contribution >= 4 is 11.4 Å². The Balaban J connectivity index is 0.000000528. The molecule has 0 aromatic heterocycles. The molecule has 0 bridgehead atoms. The summed E-state index contributed by atoms with van der Waals surface area (Å²) >= 11 is 0. The maximum atomic E-state index is 10.4. The molecule has 0 amide bonds. The van der Waals surface area contributed by atoms with Gasteiger partial charge in [0.15, 0.2) is 0 Å². The van der Waals surface area contributed by atoms with Crippen LogP contribution in [0, 0.1) is 72.4 Å². The topological polar surface area (TPSA) is 57.7 Å². The van der Waals surface area contributed by atoms with E-state index in [9.17, 15) is 5.11 Å². The van der Waals surface area contributed by atoms with E-state index >= 15 is 0 Å². The Bertz CT molecular complexity index is 1360. The zero-order valence-corrected chi connectivity index (χ0v) is 38.1. The smallest absolute Gasteiger partial charge is 0.123 e. The second-order valence-corrected chi connectivity index (χ2v) is 17.9. The summed E-state index contributed by atoms with van der Waals surface area (Å²) in [5.74, 6) is 2.21. The minimum absolute atomic E-state index is 0. The first-order valence-electron chi connectivity index (χ1n) is 19.7. The number of hydrogen-bond acceptors (Lipinski definition) is 2. The van der Waals surface area contributed by atoms with E-state index in [1.807, 2.05) is 0 Å². The van der Waals surface area contributed by atoms with Gasteiger partial charge in [0.05, 0.1) is 23.5 Å². The van der Waals surface area contributed by atoms with Gasteiger partial charge in [-0.05, 0) is 101 Å². The second-order valence-electron chi connectivity index (χ2n) is 17.9. The van der Waals surface area contributed by atoms with Gasteiger partial charge in [0.1, 0.15) is 5.75 Å². The summed E-state index contributed by atoms with van der Waals surface area (Å²) in [5.41, 5.74) is 10.7. The molecule has 0 atom stereocenters. The summed E-state index contributed by atoms with van der Waals surface area (Å²) in [6, 6.07) is 19.3. The van der Waals surface area contributed by atoms with Crippen LogP contribution in [-0.2, 0) is 15.6 Å². The van der Waals surface area contributed by atoms with Crippen LogP contribution in [0.4, 0.5) is 11.4 Å². The molecule has 53 heavy (non-hydrogen) atoms. The van der Waals surface area contributed by atoms with Crippen LogP contribution in [0.15, 0.2) is 48.5 Å². The van der Waals surface area contributed by atoms with Gasteiger partial charge < -0.3 is 9.84 Å². The normalized spacial score (nSPS) is 13.3. The van der Waals surface area contributed by atoms with Crippen molar-refractivity contribution < 1.29 is 56.8 Å². The number of nitrogens with zero attached hydrogens (tertiary/aromatic N) is 2. The van der Waals surface area contributed by atoms with Gasteiger partial charge in [0.25, 0.3) is 0 Å². The van der Waals surface area contributed by atoms with E-state index in [-0.39, 0.29) is 57.8 Å². The van der Waals surface area contributed by atoms with Crippen LogP contribution in [0.5, 0.6) is 5.75 Å². The fourth-order valence-electron chi connectivity index (χ4n) is 6.43. The van der Waals surface area contributed by atoms with Crippen molar-refractivity contribution in [3.05, 3.63) is 106 Å². The Kier molecular flexibility index (Phi) is 20.9. The largest absolute Gasteiger partial charge is 0.507 e. The van der Waals surface area contributed by atoms with Crippen molar-refractivity contribution in [2.24, 2.45) is 0 Å². The van der Waals surface area contributed by atoms with Crippen LogP contribution >= 0.6 is 0 Å². The molecular formula is C48H73N2O2Yb. The molecule has 4 nitrogen and oxygen atoms in total. The molecule has 3 aromatic rings. The molecule has 4 rings (SSSR count). The van der Waals surface area contributed by atoms with Gasteiger partial charge in [-0.25, -0.2) is 0 Å². The molecule has 0 spiro atoms. The van der Waals surface area contributed by atoms with Crippen LogP contribution < -0.4 is 10.6 Å². The van der Waals surface area contributed by atoms with E-state index in [0.717, 1.165) is 47.8 Å². The monoisotopic (exact) mass is 884 g/mol. The zero-order chi connectivity index (χ0) is 39.6. The van der Waals surface area contributed by atoms with E-state index in [0.29, 0.717) is 29.4 Å². The Morgan fingerprint density at radius 2 is 0.925 bits per heavy atom. The third-order valence-electron chi connectivity index (χ3n) is 9.38. The number of hydrogen-bond donors (Lipinski definition) is 1. The number of aromatic hydroxyl groups is 1. The average Bonchev–Trinajstić information content (AvgIpc) is 3.61. The van der Waals surface area contributed by atoms with Crippen LogP contribution in [0.25, 0.3) is 0 Å². The van der Waals surface area contributed by atoms with Crippen molar-refractivity contribution in [3.63, 3.8) is 0 Å². The number of benzene rings is 3. The third-order valence-corrected chi connectivity index (χ3v) is 9.38. The fourth-order valence-corrected chi connectivity index (χ4v) is 6.43. The van der Waals surface area contributed by atoms with Gasteiger partial charge in [0.2, 0.25) is 0 Å². The molecule has 3 aromatic carbocycles. The minimum atomic E-state index is -0.0178. The molecule has 0 saturated carbocycles. The Morgan fingerprint density at radius 3 is 1.15 bits per heavy atom. The predicted octanol–water partition coefficient (Wildman–Crippen LogP) is 13.8. The maximum absolute atomic E-state index is 10.4. The summed E-state index contributed by atoms with van der Waals surface area (Å²) < 4.78 is 4.94. The van der Waals surface area contributed by atoms with E-state index < -0.39 is 0 Å². The van der Waals surface area contributed by atoms with Crippen LogP contribution in [-0.4, -0.2) is 18.3 Å². The van der Waals surface area contributed by atoms with Crippen molar-refractivity contribution in [2.75, 3.05) is 13.2 Å². The summed E-state index contributed by atoms with van der Waals surface area (Å²) in [5, 5.41) is 20.5. The first-order valence-corrected chi connectivity index (χ1v) is 19.7.